The van der Waals surface area contributed by atoms with Crippen LogP contribution < -0.4 is 0 Å². The van der Waals surface area contributed by atoms with E-state index in [4.69, 9.17) is 5.26 Å². The molecule has 148 valence electrons. The maximum absolute atomic E-state index is 12.7. The molecular weight excluding hydrogens is 386 g/mol. The summed E-state index contributed by atoms with van der Waals surface area (Å²) in [5, 5.41) is 17.4. The summed E-state index contributed by atoms with van der Waals surface area (Å²) in [5.74, 6) is 0.157. The van der Waals surface area contributed by atoms with Crippen LogP contribution in [0.2, 0.25) is 0 Å². The van der Waals surface area contributed by atoms with Crippen molar-refractivity contribution in [1.82, 2.24) is 19.9 Å². The van der Waals surface area contributed by atoms with Crippen molar-refractivity contribution in [2.75, 3.05) is 18.8 Å². The first-order valence-corrected chi connectivity index (χ1v) is 11.1. The number of hydrogen-bond acceptors (Lipinski definition) is 6. The van der Waals surface area contributed by atoms with Crippen molar-refractivity contribution in [3.05, 3.63) is 72.1 Å². The Morgan fingerprint density at radius 2 is 1.97 bits per heavy atom. The minimum absolute atomic E-state index is 0.0647. The van der Waals surface area contributed by atoms with Crippen molar-refractivity contribution in [3.63, 3.8) is 0 Å². The molecule has 8 heteroatoms. The van der Waals surface area contributed by atoms with E-state index in [2.05, 4.69) is 15.2 Å². The Labute approximate surface area is 170 Å². The van der Waals surface area contributed by atoms with Crippen LogP contribution in [0.1, 0.15) is 17.7 Å². The molecule has 0 amide bonds. The molecule has 29 heavy (non-hydrogen) atoms. The predicted octanol–water partition coefficient (Wildman–Crippen LogP) is 2.43. The Morgan fingerprint density at radius 3 is 2.76 bits per heavy atom. The van der Waals surface area contributed by atoms with Gasteiger partial charge in [-0.05, 0) is 49.2 Å². The molecule has 1 aliphatic heterocycles. The van der Waals surface area contributed by atoms with Gasteiger partial charge in [-0.25, -0.2) is 13.1 Å². The number of benzene rings is 2. The summed E-state index contributed by atoms with van der Waals surface area (Å²) >= 11 is 0. The average molecular weight is 407 g/mol. The zero-order valence-electron chi connectivity index (χ0n) is 15.8. The van der Waals surface area contributed by atoms with Crippen molar-refractivity contribution in [2.24, 2.45) is 5.92 Å². The van der Waals surface area contributed by atoms with Gasteiger partial charge in [-0.1, -0.05) is 29.5 Å². The maximum Gasteiger partial charge on any atom is 0.178 e. The molecule has 0 unspecified atom stereocenters. The molecule has 2 heterocycles. The zero-order chi connectivity index (χ0) is 20.3. The first kappa shape index (κ1) is 19.3. The lowest BCUT2D eigenvalue weighted by Gasteiger charge is -2.14. The molecule has 0 saturated carbocycles. The van der Waals surface area contributed by atoms with Gasteiger partial charge in [0.2, 0.25) is 0 Å². The van der Waals surface area contributed by atoms with E-state index in [1.165, 1.54) is 6.07 Å². The lowest BCUT2D eigenvalue weighted by atomic mass is 10.2. The van der Waals surface area contributed by atoms with Crippen LogP contribution in [0.4, 0.5) is 0 Å². The van der Waals surface area contributed by atoms with E-state index in [1.807, 2.05) is 42.6 Å². The molecule has 0 aliphatic carbocycles. The molecule has 0 bridgehead atoms. The second-order valence-electron chi connectivity index (χ2n) is 7.30. The van der Waals surface area contributed by atoms with Gasteiger partial charge in [0.15, 0.2) is 9.84 Å². The van der Waals surface area contributed by atoms with E-state index < -0.39 is 9.84 Å². The topological polar surface area (TPSA) is 91.9 Å². The number of likely N-dealkylation sites (tertiary alicyclic amines) is 1. The van der Waals surface area contributed by atoms with Crippen LogP contribution in [0.3, 0.4) is 0 Å². The Morgan fingerprint density at radius 1 is 1.14 bits per heavy atom. The van der Waals surface area contributed by atoms with Crippen molar-refractivity contribution >= 4 is 9.84 Å². The van der Waals surface area contributed by atoms with Crippen LogP contribution in [0.5, 0.6) is 0 Å². The lowest BCUT2D eigenvalue weighted by molar-refractivity contribution is 0.316. The van der Waals surface area contributed by atoms with Gasteiger partial charge in [0.05, 0.1) is 39.9 Å². The van der Waals surface area contributed by atoms with E-state index in [0.29, 0.717) is 18.7 Å². The Balaban J connectivity index is 1.37. The molecule has 0 N–H and O–H groups in total. The zero-order valence-corrected chi connectivity index (χ0v) is 16.7. The molecule has 1 fully saturated rings. The van der Waals surface area contributed by atoms with E-state index in [-0.39, 0.29) is 16.6 Å². The van der Waals surface area contributed by atoms with Gasteiger partial charge in [0, 0.05) is 13.1 Å². The standard InChI is InChI=1S/C21H21N5O2S/c22-12-17-5-4-8-21(11-17)29(27,28)16-18-9-10-25(13-18)14-19-15-26(24-23-19)20-6-2-1-3-7-20/h1-8,11,15,18H,9-10,13-14,16H2/t18-/m1/s1. The lowest BCUT2D eigenvalue weighted by Crippen LogP contribution is -2.23. The Bertz CT molecular complexity index is 1140. The van der Waals surface area contributed by atoms with E-state index >= 15 is 0 Å². The fourth-order valence-electron chi connectivity index (χ4n) is 3.67. The monoisotopic (exact) mass is 407 g/mol. The van der Waals surface area contributed by atoms with Gasteiger partial charge in [-0.15, -0.1) is 5.10 Å². The minimum Gasteiger partial charge on any atom is -0.297 e. The number of aromatic nitrogens is 3. The number of sulfone groups is 1. The van der Waals surface area contributed by atoms with Crippen LogP contribution in [0.15, 0.2) is 65.7 Å². The van der Waals surface area contributed by atoms with Gasteiger partial charge in [-0.3, -0.25) is 4.90 Å². The fourth-order valence-corrected chi connectivity index (χ4v) is 5.34. The molecule has 1 atom stereocenters. The van der Waals surface area contributed by atoms with Crippen molar-refractivity contribution in [3.8, 4) is 11.8 Å². The normalized spacial score (nSPS) is 17.3. The van der Waals surface area contributed by atoms with Gasteiger partial charge in [0.1, 0.15) is 0 Å². The number of nitriles is 1. The minimum atomic E-state index is -3.41. The van der Waals surface area contributed by atoms with Crippen LogP contribution in [-0.4, -0.2) is 47.2 Å². The molecule has 2 aromatic carbocycles. The summed E-state index contributed by atoms with van der Waals surface area (Å²) in [6, 6.07) is 18.0. The highest BCUT2D eigenvalue weighted by atomic mass is 32.2. The summed E-state index contributed by atoms with van der Waals surface area (Å²) in [5.41, 5.74) is 2.18. The summed E-state index contributed by atoms with van der Waals surface area (Å²) < 4.78 is 27.2. The molecule has 1 saturated heterocycles. The Hall–Kier alpha value is -3.02. The van der Waals surface area contributed by atoms with Crippen molar-refractivity contribution in [2.45, 2.75) is 17.9 Å². The summed E-state index contributed by atoms with van der Waals surface area (Å²) in [6.07, 6.45) is 2.73. The van der Waals surface area contributed by atoms with Crippen molar-refractivity contribution in [1.29, 1.82) is 5.26 Å². The molecule has 1 aliphatic rings. The fraction of sp³-hybridized carbons (Fsp3) is 0.286. The van der Waals surface area contributed by atoms with E-state index in [1.54, 1.807) is 22.9 Å². The van der Waals surface area contributed by atoms with Crippen LogP contribution in [-0.2, 0) is 16.4 Å². The quantitative estimate of drug-likeness (QED) is 0.623. The molecule has 0 radical (unpaired) electrons. The number of nitrogens with zero attached hydrogens (tertiary/aromatic N) is 5. The third-order valence-electron chi connectivity index (χ3n) is 5.09. The predicted molar refractivity (Wildman–Crippen MR) is 108 cm³/mol. The van der Waals surface area contributed by atoms with E-state index in [9.17, 15) is 8.42 Å². The smallest absolute Gasteiger partial charge is 0.178 e. The van der Waals surface area contributed by atoms with Crippen LogP contribution in [0.25, 0.3) is 5.69 Å². The highest BCUT2D eigenvalue weighted by Gasteiger charge is 2.28. The highest BCUT2D eigenvalue weighted by Crippen LogP contribution is 2.23. The SMILES string of the molecule is N#Cc1cccc(S(=O)(=O)C[C@@H]2CCN(Cc3cn(-c4ccccc4)nn3)C2)c1. The molecule has 4 rings (SSSR count). The van der Waals surface area contributed by atoms with Gasteiger partial charge in [0.25, 0.3) is 0 Å². The number of rotatable bonds is 6. The molecule has 1 aromatic heterocycles. The Kier molecular flexibility index (Phi) is 5.43. The summed E-state index contributed by atoms with van der Waals surface area (Å²) in [4.78, 5) is 2.44. The average Bonchev–Trinajstić information content (AvgIpc) is 3.38. The maximum atomic E-state index is 12.7. The van der Waals surface area contributed by atoms with Gasteiger partial charge < -0.3 is 0 Å². The third-order valence-corrected chi connectivity index (χ3v) is 6.98. The van der Waals surface area contributed by atoms with Crippen molar-refractivity contribution < 1.29 is 8.42 Å². The molecule has 7 nitrogen and oxygen atoms in total. The molecule has 3 aromatic rings. The number of para-hydroxylation sites is 1. The summed E-state index contributed by atoms with van der Waals surface area (Å²) in [7, 11) is -3.41. The van der Waals surface area contributed by atoms with Gasteiger partial charge >= 0.3 is 0 Å². The van der Waals surface area contributed by atoms with Crippen LogP contribution >= 0.6 is 0 Å². The number of hydrogen-bond donors (Lipinski definition) is 0. The van der Waals surface area contributed by atoms with Gasteiger partial charge in [-0.2, -0.15) is 5.26 Å². The summed E-state index contributed by atoms with van der Waals surface area (Å²) in [6.45, 7) is 2.18. The second-order valence-corrected chi connectivity index (χ2v) is 9.34. The molecule has 0 spiro atoms. The largest absolute Gasteiger partial charge is 0.297 e. The first-order chi connectivity index (χ1) is 14.0. The highest BCUT2D eigenvalue weighted by molar-refractivity contribution is 7.91. The second kappa shape index (κ2) is 8.15. The van der Waals surface area contributed by atoms with Crippen LogP contribution in [0, 0.1) is 17.2 Å². The van der Waals surface area contributed by atoms with E-state index in [0.717, 1.165) is 24.3 Å². The third kappa shape index (κ3) is 4.53. The first-order valence-electron chi connectivity index (χ1n) is 9.45. The molecular formula is C21H21N5O2S.